The first-order valence-electron chi connectivity index (χ1n) is 15.0. The first-order valence-corrected chi connectivity index (χ1v) is 15.0. The molecule has 1 atom stereocenters. The number of carbonyl (C=O) groups is 1. The summed E-state index contributed by atoms with van der Waals surface area (Å²) >= 11 is 0. The molecule has 1 amide bonds. The molecule has 1 N–H and O–H groups in total. The molecule has 43 heavy (non-hydrogen) atoms. The van der Waals surface area contributed by atoms with Gasteiger partial charge in [0.25, 0.3) is 0 Å². The van der Waals surface area contributed by atoms with Crippen LogP contribution in [0.2, 0.25) is 0 Å². The Morgan fingerprint density at radius 3 is 2.44 bits per heavy atom. The molecule has 0 bridgehead atoms. The molecular weight excluding hydrogens is 545 g/mol. The molecule has 1 fully saturated rings. The SMILES string of the molecule is CC/C(=C(/c1ccc(OCCNC(=O)OC(C)(C)C)cc1)c1ccc2c(c1)c(F)nn2C1CCCCO1)c1ccccc1. The molecule has 1 saturated heterocycles. The van der Waals surface area contributed by atoms with Crippen LogP contribution in [0.25, 0.3) is 22.0 Å². The van der Waals surface area contributed by atoms with Crippen molar-refractivity contribution in [1.82, 2.24) is 15.1 Å². The molecule has 1 unspecified atom stereocenters. The minimum atomic E-state index is -0.552. The summed E-state index contributed by atoms with van der Waals surface area (Å²) in [5.74, 6) is 0.189. The average molecular weight is 586 g/mol. The van der Waals surface area contributed by atoms with Crippen LogP contribution < -0.4 is 10.1 Å². The predicted molar refractivity (Wildman–Crippen MR) is 167 cm³/mol. The lowest BCUT2D eigenvalue weighted by Gasteiger charge is -2.23. The van der Waals surface area contributed by atoms with Gasteiger partial charge < -0.3 is 19.5 Å². The molecule has 0 radical (unpaired) electrons. The monoisotopic (exact) mass is 585 g/mol. The normalized spacial score (nSPS) is 16.1. The number of alkyl carbamates (subject to hydrolysis) is 1. The van der Waals surface area contributed by atoms with Crippen molar-refractivity contribution >= 4 is 28.1 Å². The molecule has 4 aromatic rings. The van der Waals surface area contributed by atoms with E-state index >= 15 is 4.39 Å². The number of nitrogens with zero attached hydrogens (tertiary/aromatic N) is 2. The molecule has 2 heterocycles. The van der Waals surface area contributed by atoms with Gasteiger partial charge in [0, 0.05) is 6.61 Å². The Labute approximate surface area is 252 Å². The van der Waals surface area contributed by atoms with E-state index in [9.17, 15) is 4.79 Å². The van der Waals surface area contributed by atoms with Gasteiger partial charge in [-0.3, -0.25) is 0 Å². The Bertz CT molecular complexity index is 1570. The number of halogens is 1. The van der Waals surface area contributed by atoms with Gasteiger partial charge in [-0.25, -0.2) is 9.48 Å². The molecule has 0 saturated carbocycles. The predicted octanol–water partition coefficient (Wildman–Crippen LogP) is 8.15. The van der Waals surface area contributed by atoms with E-state index in [2.05, 4.69) is 29.5 Å². The Morgan fingerprint density at radius 1 is 1.02 bits per heavy atom. The number of aromatic nitrogens is 2. The number of nitrogens with one attached hydrogen (secondary N) is 1. The van der Waals surface area contributed by atoms with Gasteiger partial charge in [-0.05, 0) is 98.6 Å². The fourth-order valence-electron chi connectivity index (χ4n) is 5.43. The maximum atomic E-state index is 15.3. The molecular formula is C35H40FN3O4. The number of amides is 1. The van der Waals surface area contributed by atoms with Crippen molar-refractivity contribution in [3.05, 3.63) is 95.4 Å². The van der Waals surface area contributed by atoms with E-state index in [1.54, 1.807) is 4.68 Å². The third-order valence-electron chi connectivity index (χ3n) is 7.34. The quantitative estimate of drug-likeness (QED) is 0.159. The first-order chi connectivity index (χ1) is 20.7. The molecule has 8 heteroatoms. The second kappa shape index (κ2) is 13.4. The number of hydrogen-bond acceptors (Lipinski definition) is 5. The zero-order valence-electron chi connectivity index (χ0n) is 25.4. The summed E-state index contributed by atoms with van der Waals surface area (Å²) in [5, 5.41) is 7.42. The lowest BCUT2D eigenvalue weighted by molar-refractivity contribution is -0.0375. The van der Waals surface area contributed by atoms with Gasteiger partial charge in [0.05, 0.1) is 17.4 Å². The Morgan fingerprint density at radius 2 is 1.77 bits per heavy atom. The first kappa shape index (κ1) is 30.3. The highest BCUT2D eigenvalue weighted by Crippen LogP contribution is 2.37. The van der Waals surface area contributed by atoms with Crippen LogP contribution in [0.1, 0.15) is 76.3 Å². The highest BCUT2D eigenvalue weighted by Gasteiger charge is 2.23. The third kappa shape index (κ3) is 7.43. The van der Waals surface area contributed by atoms with Crippen LogP contribution in [0.3, 0.4) is 0 Å². The van der Waals surface area contributed by atoms with Crippen LogP contribution in [0.4, 0.5) is 9.18 Å². The lowest BCUT2D eigenvalue weighted by atomic mass is 9.88. The molecule has 7 nitrogen and oxygen atoms in total. The van der Waals surface area contributed by atoms with E-state index in [-0.39, 0.29) is 6.23 Å². The van der Waals surface area contributed by atoms with E-state index in [0.29, 0.717) is 30.9 Å². The second-order valence-corrected chi connectivity index (χ2v) is 11.7. The van der Waals surface area contributed by atoms with E-state index in [1.807, 2.05) is 81.4 Å². The Kier molecular flexibility index (Phi) is 9.46. The summed E-state index contributed by atoms with van der Waals surface area (Å²) in [5.41, 5.74) is 5.36. The van der Waals surface area contributed by atoms with E-state index in [4.69, 9.17) is 14.2 Å². The number of ether oxygens (including phenoxy) is 3. The number of benzene rings is 3. The molecule has 1 aromatic heterocycles. The zero-order valence-corrected chi connectivity index (χ0v) is 25.4. The molecule has 3 aromatic carbocycles. The zero-order chi connectivity index (χ0) is 30.4. The number of allylic oxidation sites excluding steroid dienone is 1. The summed E-state index contributed by atoms with van der Waals surface area (Å²) in [6.07, 6.45) is 2.94. The van der Waals surface area contributed by atoms with Crippen molar-refractivity contribution in [3.63, 3.8) is 0 Å². The van der Waals surface area contributed by atoms with Crippen molar-refractivity contribution in [2.24, 2.45) is 0 Å². The van der Waals surface area contributed by atoms with Crippen LogP contribution in [0, 0.1) is 5.95 Å². The topological polar surface area (TPSA) is 74.6 Å². The largest absolute Gasteiger partial charge is 0.492 e. The van der Waals surface area contributed by atoms with Gasteiger partial charge >= 0.3 is 6.09 Å². The third-order valence-corrected chi connectivity index (χ3v) is 7.34. The number of hydrogen-bond donors (Lipinski definition) is 1. The van der Waals surface area contributed by atoms with Gasteiger partial charge in [0.15, 0.2) is 6.23 Å². The fraction of sp³-hybridized carbons (Fsp3) is 0.371. The molecule has 1 aliphatic rings. The maximum absolute atomic E-state index is 15.3. The summed E-state index contributed by atoms with van der Waals surface area (Å²) in [4.78, 5) is 11.9. The van der Waals surface area contributed by atoms with Crippen LogP contribution >= 0.6 is 0 Å². The fourth-order valence-corrected chi connectivity index (χ4v) is 5.43. The van der Waals surface area contributed by atoms with Crippen molar-refractivity contribution in [3.8, 4) is 5.75 Å². The van der Waals surface area contributed by atoms with Gasteiger partial charge in [0.1, 0.15) is 18.0 Å². The van der Waals surface area contributed by atoms with E-state index in [0.717, 1.165) is 59.0 Å². The smallest absolute Gasteiger partial charge is 0.407 e. The second-order valence-electron chi connectivity index (χ2n) is 11.7. The molecule has 1 aliphatic heterocycles. The highest BCUT2D eigenvalue weighted by molar-refractivity contribution is 6.00. The average Bonchev–Trinajstić information content (AvgIpc) is 3.34. The van der Waals surface area contributed by atoms with Gasteiger partial charge in [-0.15, -0.1) is 5.10 Å². The minimum absolute atomic E-state index is 0.246. The Hall–Kier alpha value is -4.17. The molecule has 0 spiro atoms. The molecule has 0 aliphatic carbocycles. The number of carbonyl (C=O) groups excluding carboxylic acids is 1. The van der Waals surface area contributed by atoms with Crippen LogP contribution in [-0.2, 0) is 9.47 Å². The standard InChI is InChI=1S/C35H40FN3O4/c1-5-28(24-11-7-6-8-12-24)32(25-14-17-27(18-15-25)41-22-20-37-34(40)43-35(2,3)4)26-16-19-30-29(23-26)33(36)38-39(30)31-13-9-10-21-42-31/h6-8,11-12,14-19,23,31H,5,9-10,13,20-22H2,1-4H3,(H,37,40)/b32-28+. The Balaban J connectivity index is 1.44. The summed E-state index contributed by atoms with van der Waals surface area (Å²) < 4.78 is 34.0. The van der Waals surface area contributed by atoms with Crippen molar-refractivity contribution in [2.45, 2.75) is 65.2 Å². The van der Waals surface area contributed by atoms with Crippen molar-refractivity contribution in [2.75, 3.05) is 19.8 Å². The van der Waals surface area contributed by atoms with E-state index in [1.165, 1.54) is 0 Å². The van der Waals surface area contributed by atoms with Crippen molar-refractivity contribution in [1.29, 1.82) is 0 Å². The van der Waals surface area contributed by atoms with Crippen LogP contribution in [0.15, 0.2) is 72.8 Å². The summed E-state index contributed by atoms with van der Waals surface area (Å²) in [6, 6.07) is 24.0. The summed E-state index contributed by atoms with van der Waals surface area (Å²) in [7, 11) is 0. The van der Waals surface area contributed by atoms with Crippen molar-refractivity contribution < 1.29 is 23.4 Å². The van der Waals surface area contributed by atoms with Gasteiger partial charge in [-0.1, -0.05) is 55.5 Å². The lowest BCUT2D eigenvalue weighted by Crippen LogP contribution is -2.34. The minimum Gasteiger partial charge on any atom is -0.492 e. The van der Waals surface area contributed by atoms with Gasteiger partial charge in [0.2, 0.25) is 5.95 Å². The number of rotatable bonds is 9. The maximum Gasteiger partial charge on any atom is 0.407 e. The van der Waals surface area contributed by atoms with Crippen LogP contribution in [-0.4, -0.2) is 41.2 Å². The van der Waals surface area contributed by atoms with Gasteiger partial charge in [-0.2, -0.15) is 4.39 Å². The summed E-state index contributed by atoms with van der Waals surface area (Å²) in [6.45, 7) is 8.89. The highest BCUT2D eigenvalue weighted by atomic mass is 19.1. The molecule has 5 rings (SSSR count). The van der Waals surface area contributed by atoms with Crippen LogP contribution in [0.5, 0.6) is 5.75 Å². The van der Waals surface area contributed by atoms with E-state index < -0.39 is 17.6 Å². The number of fused-ring (bicyclic) bond motifs is 1. The molecule has 226 valence electrons.